The van der Waals surface area contributed by atoms with Crippen LogP contribution in [0.25, 0.3) is 0 Å². The second-order valence-corrected chi connectivity index (χ2v) is 16.3. The van der Waals surface area contributed by atoms with Gasteiger partial charge in [-0.1, -0.05) is 82.9 Å². The summed E-state index contributed by atoms with van der Waals surface area (Å²) in [5, 5.41) is 2.63. The minimum Gasteiger partial charge on any atom is -0.353 e. The summed E-state index contributed by atoms with van der Waals surface area (Å²) in [4.78, 5) is 46.8. The third-order valence-corrected chi connectivity index (χ3v) is 12.2. The Balaban J connectivity index is 1.54. The molecule has 1 saturated heterocycles. The summed E-state index contributed by atoms with van der Waals surface area (Å²) in [5.41, 5.74) is 0.584. The SMILES string of the molecule is CCCCCCCCCCCCNS(=O)(=O)c1ccc(C)c(NC(=O)C(C2=Nc3ccccc3S(=O)(=O)N2C)N2C(=O)C(OC)N(C)C2=O)c1. The Morgan fingerprint density at radius 1 is 0.960 bits per heavy atom. The molecule has 2 heterocycles. The lowest BCUT2D eigenvalue weighted by Gasteiger charge is -2.33. The van der Waals surface area contributed by atoms with E-state index in [2.05, 4.69) is 22.0 Å². The number of carbonyl (C=O) groups excluding carboxylic acids is 3. The predicted molar refractivity (Wildman–Crippen MR) is 190 cm³/mol. The lowest BCUT2D eigenvalue weighted by atomic mass is 10.1. The summed E-state index contributed by atoms with van der Waals surface area (Å²) in [5.74, 6) is -2.31. The summed E-state index contributed by atoms with van der Waals surface area (Å²) in [6, 6.07) is 7.31. The molecule has 4 amide bonds. The zero-order chi connectivity index (χ0) is 36.6. The number of aryl methyl sites for hydroxylation is 1. The first-order valence-corrected chi connectivity index (χ1v) is 19.9. The minimum absolute atomic E-state index is 0.0203. The van der Waals surface area contributed by atoms with Gasteiger partial charge in [0.15, 0.2) is 11.9 Å². The molecule has 274 valence electrons. The van der Waals surface area contributed by atoms with Gasteiger partial charge in [0.25, 0.3) is 21.8 Å². The second kappa shape index (κ2) is 16.9. The Kier molecular flexibility index (Phi) is 13.2. The first-order chi connectivity index (χ1) is 23.8. The molecule has 2 atom stereocenters. The Hall–Kier alpha value is -3.86. The van der Waals surface area contributed by atoms with Crippen molar-refractivity contribution in [2.24, 2.45) is 4.99 Å². The van der Waals surface area contributed by atoms with E-state index in [1.54, 1.807) is 13.0 Å². The van der Waals surface area contributed by atoms with Crippen molar-refractivity contribution in [1.82, 2.24) is 18.8 Å². The number of unbranched alkanes of at least 4 members (excludes halogenated alkanes) is 9. The first-order valence-electron chi connectivity index (χ1n) is 17.0. The van der Waals surface area contributed by atoms with Gasteiger partial charge in [0, 0.05) is 33.4 Å². The van der Waals surface area contributed by atoms with Crippen LogP contribution in [0.5, 0.6) is 0 Å². The number of carbonyl (C=O) groups is 3. The maximum absolute atomic E-state index is 14.2. The van der Waals surface area contributed by atoms with Crippen molar-refractivity contribution in [3.63, 3.8) is 0 Å². The van der Waals surface area contributed by atoms with E-state index in [9.17, 15) is 31.2 Å². The number of nitrogens with zero attached hydrogens (tertiary/aromatic N) is 4. The van der Waals surface area contributed by atoms with Gasteiger partial charge in [-0.25, -0.2) is 36.2 Å². The maximum atomic E-state index is 14.2. The number of aliphatic imine (C=N–C) groups is 1. The molecular weight excluding hydrogens is 685 g/mol. The van der Waals surface area contributed by atoms with Crippen molar-refractivity contribution in [2.75, 3.05) is 33.1 Å². The fourth-order valence-corrected chi connectivity index (χ4v) is 8.38. The molecule has 2 aliphatic heterocycles. The van der Waals surface area contributed by atoms with E-state index in [-0.39, 0.29) is 27.7 Å². The zero-order valence-electron chi connectivity index (χ0n) is 29.3. The number of para-hydroxylation sites is 1. The lowest BCUT2D eigenvalue weighted by Crippen LogP contribution is -2.57. The van der Waals surface area contributed by atoms with Gasteiger partial charge < -0.3 is 10.1 Å². The number of sulfonamides is 2. The summed E-state index contributed by atoms with van der Waals surface area (Å²) in [7, 11) is -4.49. The smallest absolute Gasteiger partial charge is 0.330 e. The second-order valence-electron chi connectivity index (χ2n) is 12.5. The van der Waals surface area contributed by atoms with Crippen molar-refractivity contribution in [2.45, 2.75) is 100 Å². The number of benzene rings is 2. The Morgan fingerprint density at radius 2 is 1.58 bits per heavy atom. The quantitative estimate of drug-likeness (QED) is 0.163. The molecule has 1 fully saturated rings. The molecule has 0 spiro atoms. The first kappa shape index (κ1) is 38.9. The molecule has 2 unspecified atom stereocenters. The van der Waals surface area contributed by atoms with Crippen LogP contribution in [0.4, 0.5) is 16.2 Å². The molecule has 0 radical (unpaired) electrons. The third-order valence-electron chi connectivity index (χ3n) is 8.94. The average Bonchev–Trinajstić information content (AvgIpc) is 3.29. The number of hydrogen-bond donors (Lipinski definition) is 2. The van der Waals surface area contributed by atoms with Crippen molar-refractivity contribution < 1.29 is 36.0 Å². The summed E-state index contributed by atoms with van der Waals surface area (Å²) in [6.07, 6.45) is 9.83. The molecule has 0 aliphatic carbocycles. The van der Waals surface area contributed by atoms with Gasteiger partial charge in [-0.3, -0.25) is 18.8 Å². The van der Waals surface area contributed by atoms with Crippen molar-refractivity contribution in [3.8, 4) is 0 Å². The van der Waals surface area contributed by atoms with Gasteiger partial charge in [-0.2, -0.15) is 0 Å². The van der Waals surface area contributed by atoms with Gasteiger partial charge in [0.2, 0.25) is 16.3 Å². The van der Waals surface area contributed by atoms with E-state index in [0.29, 0.717) is 16.9 Å². The molecule has 0 saturated carbocycles. The van der Waals surface area contributed by atoms with Crippen LogP contribution in [0.3, 0.4) is 0 Å². The van der Waals surface area contributed by atoms with Gasteiger partial charge in [-0.05, 0) is 43.2 Å². The van der Waals surface area contributed by atoms with E-state index in [0.717, 1.165) is 28.5 Å². The van der Waals surface area contributed by atoms with Crippen LogP contribution in [0.1, 0.15) is 76.7 Å². The van der Waals surface area contributed by atoms with Crippen LogP contribution >= 0.6 is 0 Å². The molecule has 2 N–H and O–H groups in total. The number of likely N-dealkylation sites (N-methyl/N-ethyl adjacent to an activating group) is 2. The van der Waals surface area contributed by atoms with E-state index >= 15 is 0 Å². The molecule has 2 aromatic rings. The van der Waals surface area contributed by atoms with Crippen LogP contribution in [0.2, 0.25) is 0 Å². The Labute approximate surface area is 295 Å². The highest BCUT2D eigenvalue weighted by Crippen LogP contribution is 2.34. The highest BCUT2D eigenvalue weighted by atomic mass is 32.2. The number of hydrogen-bond acceptors (Lipinski definition) is 9. The Bertz CT molecular complexity index is 1810. The van der Waals surface area contributed by atoms with Gasteiger partial charge in [-0.15, -0.1) is 0 Å². The van der Waals surface area contributed by atoms with Crippen LogP contribution in [-0.2, 0) is 34.4 Å². The van der Waals surface area contributed by atoms with Gasteiger partial charge in [0.1, 0.15) is 4.90 Å². The van der Waals surface area contributed by atoms with Crippen LogP contribution in [0.15, 0.2) is 57.2 Å². The summed E-state index contributed by atoms with van der Waals surface area (Å²) < 4.78 is 62.0. The normalized spacial score (nSPS) is 17.9. The van der Waals surface area contributed by atoms with E-state index in [4.69, 9.17) is 4.74 Å². The number of urea groups is 1. The number of ether oxygens (including phenoxy) is 1. The van der Waals surface area contributed by atoms with E-state index in [1.807, 2.05) is 0 Å². The van der Waals surface area contributed by atoms with Crippen molar-refractivity contribution in [1.29, 1.82) is 0 Å². The molecule has 2 aliphatic rings. The summed E-state index contributed by atoms with van der Waals surface area (Å²) >= 11 is 0. The van der Waals surface area contributed by atoms with E-state index in [1.165, 1.54) is 96.1 Å². The lowest BCUT2D eigenvalue weighted by molar-refractivity contribution is -0.141. The largest absolute Gasteiger partial charge is 0.353 e. The average molecular weight is 733 g/mol. The van der Waals surface area contributed by atoms with Crippen molar-refractivity contribution in [3.05, 3.63) is 48.0 Å². The van der Waals surface area contributed by atoms with Crippen LogP contribution in [-0.4, -0.2) is 94.6 Å². The molecular formula is C34H48N6O8S2. The molecule has 14 nitrogen and oxygen atoms in total. The molecule has 50 heavy (non-hydrogen) atoms. The standard InChI is InChI=1S/C34H48N6O8S2/c1-6-7-8-9-10-11-12-13-14-17-22-35-49(44,45)25-21-20-24(2)27(23-25)37-31(41)29(40-32(42)33(48-5)38(3)34(40)43)30-36-26-18-15-16-19-28(26)50(46,47)39(30)4/h15-16,18-21,23,29,33,35H,6-14,17,22H2,1-5H3,(H,37,41). The molecule has 2 aromatic carbocycles. The number of imide groups is 1. The third kappa shape index (κ3) is 8.53. The number of anilines is 1. The molecule has 0 aromatic heterocycles. The van der Waals surface area contributed by atoms with Crippen LogP contribution < -0.4 is 10.0 Å². The fourth-order valence-electron chi connectivity index (χ4n) is 5.97. The Morgan fingerprint density at radius 3 is 2.20 bits per heavy atom. The molecule has 16 heteroatoms. The number of fused-ring (bicyclic) bond motifs is 1. The fraction of sp³-hybridized carbons (Fsp3) is 0.529. The van der Waals surface area contributed by atoms with Crippen molar-refractivity contribution >= 4 is 55.1 Å². The number of rotatable bonds is 18. The maximum Gasteiger partial charge on any atom is 0.330 e. The monoisotopic (exact) mass is 732 g/mol. The van der Waals surface area contributed by atoms with Crippen LogP contribution in [0, 0.1) is 6.92 Å². The predicted octanol–water partition coefficient (Wildman–Crippen LogP) is 4.73. The number of amidine groups is 1. The number of methoxy groups -OCH3 is 1. The number of nitrogens with one attached hydrogen (secondary N) is 2. The highest BCUT2D eigenvalue weighted by molar-refractivity contribution is 7.90. The molecule has 4 rings (SSSR count). The summed E-state index contributed by atoms with van der Waals surface area (Å²) in [6.45, 7) is 4.10. The molecule has 0 bridgehead atoms. The van der Waals surface area contributed by atoms with Gasteiger partial charge >= 0.3 is 6.03 Å². The number of amides is 4. The minimum atomic E-state index is -4.23. The van der Waals surface area contributed by atoms with Gasteiger partial charge in [0.05, 0.1) is 10.6 Å². The van der Waals surface area contributed by atoms with E-state index < -0.39 is 56.0 Å². The highest BCUT2D eigenvalue weighted by Gasteiger charge is 2.53. The topological polar surface area (TPSA) is 175 Å². The zero-order valence-corrected chi connectivity index (χ0v) is 31.0.